The van der Waals surface area contributed by atoms with Gasteiger partial charge in [0, 0.05) is 0 Å². The summed E-state index contributed by atoms with van der Waals surface area (Å²) in [5.41, 5.74) is 2.70. The van der Waals surface area contributed by atoms with Gasteiger partial charge in [0.25, 0.3) is 0 Å². The molecule has 2 atom stereocenters. The highest BCUT2D eigenvalue weighted by molar-refractivity contribution is 5.74. The van der Waals surface area contributed by atoms with Gasteiger partial charge in [0.2, 0.25) is 0 Å². The Morgan fingerprint density at radius 2 is 1.80 bits per heavy atom. The Morgan fingerprint density at radius 1 is 1.07 bits per heavy atom. The maximum Gasteiger partial charge on any atom is -0.0187 e. The second-order valence-electron chi connectivity index (χ2n) is 4.46. The van der Waals surface area contributed by atoms with E-state index >= 15 is 0 Å². The summed E-state index contributed by atoms with van der Waals surface area (Å²) in [4.78, 5) is 0. The van der Waals surface area contributed by atoms with E-state index in [4.69, 9.17) is 0 Å². The van der Waals surface area contributed by atoms with Crippen LogP contribution in [0.1, 0.15) is 25.8 Å². The third-order valence-electron chi connectivity index (χ3n) is 3.29. The van der Waals surface area contributed by atoms with E-state index in [1.165, 1.54) is 17.6 Å². The third kappa shape index (κ3) is 2.38. The molecule has 0 radical (unpaired) electrons. The van der Waals surface area contributed by atoms with Crippen molar-refractivity contribution < 1.29 is 0 Å². The quantitative estimate of drug-likeness (QED) is 0.631. The van der Waals surface area contributed by atoms with Crippen LogP contribution < -0.4 is 0 Å². The topological polar surface area (TPSA) is 0 Å². The maximum absolute atomic E-state index is 2.36. The Labute approximate surface area is 92.3 Å². The molecule has 1 aromatic rings. The monoisotopic (exact) mass is 198 g/mol. The molecular weight excluding hydrogens is 180 g/mol. The van der Waals surface area contributed by atoms with Crippen LogP contribution >= 0.6 is 0 Å². The number of allylic oxidation sites excluding steroid dienone is 4. The molecule has 15 heavy (non-hydrogen) atoms. The summed E-state index contributed by atoms with van der Waals surface area (Å²) in [6.45, 7) is 4.61. The number of hydrogen-bond donors (Lipinski definition) is 0. The van der Waals surface area contributed by atoms with Gasteiger partial charge in [-0.15, -0.1) is 0 Å². The van der Waals surface area contributed by atoms with Crippen molar-refractivity contribution in [1.29, 1.82) is 0 Å². The average molecular weight is 198 g/mol. The molecule has 0 saturated heterocycles. The van der Waals surface area contributed by atoms with Crippen molar-refractivity contribution in [3.8, 4) is 0 Å². The first-order chi connectivity index (χ1) is 7.27. The molecule has 1 aromatic carbocycles. The van der Waals surface area contributed by atoms with Gasteiger partial charge in [0.1, 0.15) is 0 Å². The van der Waals surface area contributed by atoms with E-state index in [1.54, 1.807) is 0 Å². The van der Waals surface area contributed by atoms with Gasteiger partial charge in [-0.25, -0.2) is 0 Å². The van der Waals surface area contributed by atoms with Crippen LogP contribution in [0.5, 0.6) is 0 Å². The predicted octanol–water partition coefficient (Wildman–Crippen LogP) is 4.30. The van der Waals surface area contributed by atoms with Gasteiger partial charge >= 0.3 is 0 Å². The molecule has 0 aromatic heterocycles. The first-order valence-corrected chi connectivity index (χ1v) is 5.71. The molecule has 78 valence electrons. The van der Waals surface area contributed by atoms with Crippen molar-refractivity contribution in [2.24, 2.45) is 11.8 Å². The van der Waals surface area contributed by atoms with Crippen molar-refractivity contribution in [2.75, 3.05) is 0 Å². The lowest BCUT2D eigenvalue weighted by Gasteiger charge is -2.11. The van der Waals surface area contributed by atoms with E-state index in [0.717, 1.165) is 5.92 Å². The summed E-state index contributed by atoms with van der Waals surface area (Å²) < 4.78 is 0. The second-order valence-corrected chi connectivity index (χ2v) is 4.46. The fourth-order valence-electron chi connectivity index (χ4n) is 1.89. The minimum absolute atomic E-state index is 0.683. The fraction of sp³-hybridized carbons (Fsp3) is 0.333. The predicted molar refractivity (Wildman–Crippen MR) is 66.5 cm³/mol. The van der Waals surface area contributed by atoms with Crippen molar-refractivity contribution in [2.45, 2.75) is 20.3 Å². The molecule has 0 bridgehead atoms. The summed E-state index contributed by atoms with van der Waals surface area (Å²) >= 11 is 0. The van der Waals surface area contributed by atoms with Gasteiger partial charge in [0.05, 0.1) is 0 Å². The van der Waals surface area contributed by atoms with Gasteiger partial charge in [0.15, 0.2) is 0 Å². The van der Waals surface area contributed by atoms with Crippen molar-refractivity contribution in [3.63, 3.8) is 0 Å². The largest absolute Gasteiger partial charge is 0.0808 e. The summed E-state index contributed by atoms with van der Waals surface area (Å²) in [6, 6.07) is 10.6. The normalized spacial score (nSPS) is 25.9. The maximum atomic E-state index is 2.36. The summed E-state index contributed by atoms with van der Waals surface area (Å²) in [5, 5.41) is 0. The van der Waals surface area contributed by atoms with Crippen LogP contribution in [-0.2, 0) is 0 Å². The molecule has 0 heterocycles. The highest BCUT2D eigenvalue weighted by atomic mass is 14.2. The first kappa shape index (κ1) is 10.2. The zero-order valence-corrected chi connectivity index (χ0v) is 9.48. The lowest BCUT2D eigenvalue weighted by Crippen LogP contribution is -2.01. The molecule has 0 N–H and O–H groups in total. The lowest BCUT2D eigenvalue weighted by atomic mass is 9.94. The Morgan fingerprint density at radius 3 is 2.53 bits per heavy atom. The van der Waals surface area contributed by atoms with Gasteiger partial charge in [-0.3, -0.25) is 0 Å². The second kappa shape index (κ2) is 4.48. The summed E-state index contributed by atoms with van der Waals surface area (Å²) in [7, 11) is 0. The van der Waals surface area contributed by atoms with Gasteiger partial charge < -0.3 is 0 Å². The molecule has 0 amide bonds. The Bertz CT molecular complexity index is 370. The minimum atomic E-state index is 0.683. The Hall–Kier alpha value is -1.30. The highest BCUT2D eigenvalue weighted by Crippen LogP contribution is 2.26. The molecule has 1 aliphatic rings. The van der Waals surface area contributed by atoms with Crippen LogP contribution in [0.3, 0.4) is 0 Å². The number of benzene rings is 1. The standard InChI is InChI=1S/C15H18/c1-12-8-10-15(11-9-13(12)2)14-6-4-3-5-7-14/h3-8,10-13H,9H2,1-2H3/t12-,13+/m0/s1. The Kier molecular flexibility index (Phi) is 3.05. The van der Waals surface area contributed by atoms with Crippen LogP contribution in [0.25, 0.3) is 5.57 Å². The first-order valence-electron chi connectivity index (χ1n) is 5.71. The summed E-state index contributed by atoms with van der Waals surface area (Å²) in [5.74, 6) is 1.44. The SMILES string of the molecule is C[C@@H]1CC=C(c2ccccc2)C=C[C@@H]1C. The average Bonchev–Trinajstić information content (AvgIpc) is 2.44. The van der Waals surface area contributed by atoms with Crippen molar-refractivity contribution in [1.82, 2.24) is 0 Å². The number of rotatable bonds is 1. The van der Waals surface area contributed by atoms with Crippen LogP contribution in [-0.4, -0.2) is 0 Å². The molecule has 0 nitrogen and oxygen atoms in total. The molecule has 0 saturated carbocycles. The fourth-order valence-corrected chi connectivity index (χ4v) is 1.89. The number of hydrogen-bond acceptors (Lipinski definition) is 0. The highest BCUT2D eigenvalue weighted by Gasteiger charge is 2.11. The van der Waals surface area contributed by atoms with E-state index in [2.05, 4.69) is 62.4 Å². The zero-order valence-electron chi connectivity index (χ0n) is 9.48. The lowest BCUT2D eigenvalue weighted by molar-refractivity contribution is 0.468. The van der Waals surface area contributed by atoms with Crippen LogP contribution in [0, 0.1) is 11.8 Å². The van der Waals surface area contributed by atoms with Gasteiger partial charge in [-0.2, -0.15) is 0 Å². The molecule has 1 aliphatic carbocycles. The molecule has 2 rings (SSSR count). The van der Waals surface area contributed by atoms with Crippen molar-refractivity contribution in [3.05, 3.63) is 54.1 Å². The van der Waals surface area contributed by atoms with E-state index in [-0.39, 0.29) is 0 Å². The van der Waals surface area contributed by atoms with Crippen LogP contribution in [0.4, 0.5) is 0 Å². The van der Waals surface area contributed by atoms with Crippen LogP contribution in [0.2, 0.25) is 0 Å². The summed E-state index contributed by atoms with van der Waals surface area (Å²) in [6.07, 6.45) is 8.14. The molecule has 0 spiro atoms. The van der Waals surface area contributed by atoms with Gasteiger partial charge in [-0.1, -0.05) is 62.4 Å². The smallest absolute Gasteiger partial charge is 0.0187 e. The molecule has 0 unspecified atom stereocenters. The molecular formula is C15H18. The van der Waals surface area contributed by atoms with E-state index in [1.807, 2.05) is 0 Å². The molecule has 0 aliphatic heterocycles. The van der Waals surface area contributed by atoms with Crippen molar-refractivity contribution >= 4 is 5.57 Å². The minimum Gasteiger partial charge on any atom is -0.0808 e. The van der Waals surface area contributed by atoms with E-state index in [9.17, 15) is 0 Å². The van der Waals surface area contributed by atoms with Crippen LogP contribution in [0.15, 0.2) is 48.6 Å². The Balaban J connectivity index is 2.27. The third-order valence-corrected chi connectivity index (χ3v) is 3.29. The van der Waals surface area contributed by atoms with E-state index in [0.29, 0.717) is 5.92 Å². The molecule has 0 fully saturated rings. The zero-order chi connectivity index (χ0) is 10.7. The van der Waals surface area contributed by atoms with Gasteiger partial charge in [-0.05, 0) is 29.4 Å². The van der Waals surface area contributed by atoms with E-state index < -0.39 is 0 Å². The molecule has 0 heteroatoms.